The third-order valence-corrected chi connectivity index (χ3v) is 4.86. The van der Waals surface area contributed by atoms with E-state index in [0.29, 0.717) is 24.3 Å². The average Bonchev–Trinajstić information content (AvgIpc) is 3.36. The van der Waals surface area contributed by atoms with E-state index in [1.807, 2.05) is 34.0 Å². The summed E-state index contributed by atoms with van der Waals surface area (Å²) in [6.45, 7) is 2.64. The van der Waals surface area contributed by atoms with Gasteiger partial charge in [-0.05, 0) is 44.3 Å². The summed E-state index contributed by atoms with van der Waals surface area (Å²) in [6.07, 6.45) is 6.07. The van der Waals surface area contributed by atoms with Crippen molar-refractivity contribution in [3.8, 4) is 0 Å². The minimum Gasteiger partial charge on any atom is -0.330 e. The van der Waals surface area contributed by atoms with Crippen molar-refractivity contribution in [2.45, 2.75) is 44.3 Å². The molecule has 2 fully saturated rings. The maximum Gasteiger partial charge on any atom is 0.276 e. The summed E-state index contributed by atoms with van der Waals surface area (Å²) in [4.78, 5) is 14.9. The van der Waals surface area contributed by atoms with Crippen LogP contribution in [0, 0.1) is 0 Å². The van der Waals surface area contributed by atoms with E-state index < -0.39 is 0 Å². The van der Waals surface area contributed by atoms with E-state index in [-0.39, 0.29) is 18.3 Å². The molecule has 0 radical (unpaired) electrons. The van der Waals surface area contributed by atoms with Gasteiger partial charge in [-0.15, -0.1) is 17.5 Å². The second-order valence-corrected chi connectivity index (χ2v) is 6.71. The van der Waals surface area contributed by atoms with Gasteiger partial charge in [0.25, 0.3) is 5.91 Å². The number of nitrogens with zero attached hydrogens (tertiary/aromatic N) is 4. The van der Waals surface area contributed by atoms with Gasteiger partial charge in [0.15, 0.2) is 5.69 Å². The molecule has 1 aromatic heterocycles. The first-order chi connectivity index (χ1) is 11.8. The molecule has 7 heteroatoms. The summed E-state index contributed by atoms with van der Waals surface area (Å²) in [7, 11) is 0. The molecule has 0 unspecified atom stereocenters. The predicted octanol–water partition coefficient (Wildman–Crippen LogP) is 2.43. The lowest BCUT2D eigenvalue weighted by Gasteiger charge is -2.22. The SMILES string of the molecule is Cl.O=C(c1cn(C2CCNCC2)nn1)N(Cc1ccccc1)C1CC1. The Bertz CT molecular complexity index is 695. The summed E-state index contributed by atoms with van der Waals surface area (Å²) >= 11 is 0. The van der Waals surface area contributed by atoms with Gasteiger partial charge in [-0.2, -0.15) is 0 Å². The zero-order chi connectivity index (χ0) is 16.4. The first kappa shape index (κ1) is 17.9. The number of amides is 1. The van der Waals surface area contributed by atoms with Gasteiger partial charge in [-0.3, -0.25) is 4.79 Å². The Balaban J connectivity index is 0.00000182. The molecule has 2 heterocycles. The van der Waals surface area contributed by atoms with E-state index in [1.165, 1.54) is 0 Å². The molecule has 6 nitrogen and oxygen atoms in total. The molecule has 134 valence electrons. The predicted molar refractivity (Wildman–Crippen MR) is 97.7 cm³/mol. The van der Waals surface area contributed by atoms with E-state index in [9.17, 15) is 4.79 Å². The highest BCUT2D eigenvalue weighted by molar-refractivity contribution is 5.92. The number of rotatable bonds is 5. The molecule has 1 N–H and O–H groups in total. The van der Waals surface area contributed by atoms with Gasteiger partial charge in [0, 0.05) is 12.6 Å². The largest absolute Gasteiger partial charge is 0.330 e. The average molecular weight is 362 g/mol. The van der Waals surface area contributed by atoms with Crippen LogP contribution in [0.3, 0.4) is 0 Å². The molecule has 2 aromatic rings. The van der Waals surface area contributed by atoms with Gasteiger partial charge in [0.05, 0.1) is 12.2 Å². The fraction of sp³-hybridized carbons (Fsp3) is 0.500. The van der Waals surface area contributed by atoms with E-state index in [4.69, 9.17) is 0 Å². The lowest BCUT2D eigenvalue weighted by Crippen LogP contribution is -2.33. The molecule has 1 amide bonds. The van der Waals surface area contributed by atoms with Crippen LogP contribution in [0.2, 0.25) is 0 Å². The highest BCUT2D eigenvalue weighted by atomic mass is 35.5. The smallest absolute Gasteiger partial charge is 0.276 e. The molecule has 1 saturated heterocycles. The minimum atomic E-state index is 0. The molecule has 1 aliphatic carbocycles. The van der Waals surface area contributed by atoms with Crippen molar-refractivity contribution in [3.63, 3.8) is 0 Å². The van der Waals surface area contributed by atoms with E-state index >= 15 is 0 Å². The lowest BCUT2D eigenvalue weighted by molar-refractivity contribution is 0.0723. The summed E-state index contributed by atoms with van der Waals surface area (Å²) < 4.78 is 1.88. The molecular formula is C18H24ClN5O. The van der Waals surface area contributed by atoms with Gasteiger partial charge in [-0.25, -0.2) is 4.68 Å². The van der Waals surface area contributed by atoms with E-state index in [2.05, 4.69) is 27.8 Å². The van der Waals surface area contributed by atoms with E-state index in [1.54, 1.807) is 0 Å². The molecule has 4 rings (SSSR count). The number of carbonyl (C=O) groups excluding carboxylic acids is 1. The van der Waals surface area contributed by atoms with Gasteiger partial charge >= 0.3 is 0 Å². The Labute approximate surface area is 154 Å². The Morgan fingerprint density at radius 2 is 1.88 bits per heavy atom. The van der Waals surface area contributed by atoms with Crippen LogP contribution in [0.5, 0.6) is 0 Å². The molecule has 0 bridgehead atoms. The fourth-order valence-corrected chi connectivity index (χ4v) is 3.30. The Kier molecular flexibility index (Phi) is 5.71. The van der Waals surface area contributed by atoms with Crippen molar-refractivity contribution < 1.29 is 4.79 Å². The van der Waals surface area contributed by atoms with Crippen LogP contribution >= 0.6 is 12.4 Å². The maximum atomic E-state index is 12.9. The lowest BCUT2D eigenvalue weighted by atomic mass is 10.1. The number of piperidine rings is 1. The van der Waals surface area contributed by atoms with Crippen molar-refractivity contribution in [3.05, 3.63) is 47.8 Å². The molecule has 25 heavy (non-hydrogen) atoms. The number of hydrogen-bond acceptors (Lipinski definition) is 4. The number of hydrogen-bond donors (Lipinski definition) is 1. The molecule has 0 atom stereocenters. The molecule has 1 aromatic carbocycles. The molecular weight excluding hydrogens is 338 g/mol. The molecule has 0 spiro atoms. The van der Waals surface area contributed by atoms with E-state index in [0.717, 1.165) is 44.3 Å². The third-order valence-electron chi connectivity index (χ3n) is 4.86. The minimum absolute atomic E-state index is 0. The van der Waals surface area contributed by atoms with Crippen LogP contribution < -0.4 is 5.32 Å². The van der Waals surface area contributed by atoms with Crippen molar-refractivity contribution in [2.75, 3.05) is 13.1 Å². The van der Waals surface area contributed by atoms with Crippen molar-refractivity contribution in [1.29, 1.82) is 0 Å². The topological polar surface area (TPSA) is 63.1 Å². The van der Waals surface area contributed by atoms with Crippen molar-refractivity contribution in [2.24, 2.45) is 0 Å². The standard InChI is InChI=1S/C18H23N5O.ClH/c24-18(17-13-23(21-20-17)16-8-10-19-11-9-16)22(15-6-7-15)12-14-4-2-1-3-5-14;/h1-5,13,15-16,19H,6-12H2;1H. The fourth-order valence-electron chi connectivity index (χ4n) is 3.30. The van der Waals surface area contributed by atoms with Gasteiger partial charge in [0.2, 0.25) is 0 Å². The summed E-state index contributed by atoms with van der Waals surface area (Å²) in [6, 6.07) is 10.8. The zero-order valence-electron chi connectivity index (χ0n) is 14.2. The number of carbonyl (C=O) groups is 1. The Morgan fingerprint density at radius 1 is 1.16 bits per heavy atom. The first-order valence-electron chi connectivity index (χ1n) is 8.79. The molecule has 2 aliphatic rings. The first-order valence-corrected chi connectivity index (χ1v) is 8.79. The molecule has 1 saturated carbocycles. The second-order valence-electron chi connectivity index (χ2n) is 6.71. The van der Waals surface area contributed by atoms with Crippen LogP contribution in [0.1, 0.15) is 47.8 Å². The number of aromatic nitrogens is 3. The second kappa shape index (κ2) is 7.97. The summed E-state index contributed by atoms with van der Waals surface area (Å²) in [5.74, 6) is 0.00142. The van der Waals surface area contributed by atoms with Gasteiger partial charge in [0.1, 0.15) is 0 Å². The van der Waals surface area contributed by atoms with Crippen LogP contribution in [-0.4, -0.2) is 44.9 Å². The molecule has 1 aliphatic heterocycles. The highest BCUT2D eigenvalue weighted by Gasteiger charge is 2.34. The van der Waals surface area contributed by atoms with Crippen LogP contribution in [0.4, 0.5) is 0 Å². The Hall–Kier alpha value is -1.92. The number of nitrogens with one attached hydrogen (secondary N) is 1. The number of halogens is 1. The van der Waals surface area contributed by atoms with Gasteiger partial charge in [-0.1, -0.05) is 35.5 Å². The van der Waals surface area contributed by atoms with Crippen molar-refractivity contribution in [1.82, 2.24) is 25.2 Å². The van der Waals surface area contributed by atoms with Crippen LogP contribution in [0.15, 0.2) is 36.5 Å². The van der Waals surface area contributed by atoms with Crippen molar-refractivity contribution >= 4 is 18.3 Å². The maximum absolute atomic E-state index is 12.9. The van der Waals surface area contributed by atoms with Crippen LogP contribution in [0.25, 0.3) is 0 Å². The third kappa shape index (κ3) is 4.19. The summed E-state index contributed by atoms with van der Waals surface area (Å²) in [5.41, 5.74) is 1.62. The normalized spacial score (nSPS) is 17.8. The quantitative estimate of drug-likeness (QED) is 0.888. The zero-order valence-corrected chi connectivity index (χ0v) is 15.0. The summed E-state index contributed by atoms with van der Waals surface area (Å²) in [5, 5.41) is 11.7. The number of benzene rings is 1. The highest BCUT2D eigenvalue weighted by Crippen LogP contribution is 2.29. The van der Waals surface area contributed by atoms with Crippen LogP contribution in [-0.2, 0) is 6.54 Å². The Morgan fingerprint density at radius 3 is 2.56 bits per heavy atom. The monoisotopic (exact) mass is 361 g/mol. The van der Waals surface area contributed by atoms with Gasteiger partial charge < -0.3 is 10.2 Å².